The van der Waals surface area contributed by atoms with Crippen LogP contribution in [-0.4, -0.2) is 31.6 Å². The van der Waals surface area contributed by atoms with E-state index in [1.807, 2.05) is 13.8 Å². The topological polar surface area (TPSA) is 90.6 Å². The Bertz CT molecular complexity index is 549. The zero-order valence-corrected chi connectivity index (χ0v) is 13.7. The number of carbonyl (C=O) groups excluding carboxylic acids is 2. The largest absolute Gasteiger partial charge is 0.493 e. The van der Waals surface area contributed by atoms with Crippen LogP contribution in [0.4, 0.5) is 0 Å². The normalized spacial score (nSPS) is 11.6. The lowest BCUT2D eigenvalue weighted by Crippen LogP contribution is -2.32. The van der Waals surface area contributed by atoms with Crippen molar-refractivity contribution >= 4 is 23.4 Å². The number of rotatable bonds is 8. The number of hydrogen-bond acceptors (Lipinski definition) is 4. The van der Waals surface area contributed by atoms with Crippen LogP contribution in [0.1, 0.15) is 37.0 Å². The molecule has 1 aromatic carbocycles. The smallest absolute Gasteiger partial charge is 0.255 e. The third kappa shape index (κ3) is 5.11. The van der Waals surface area contributed by atoms with Gasteiger partial charge in [0.1, 0.15) is 0 Å². The van der Waals surface area contributed by atoms with Crippen LogP contribution in [0.15, 0.2) is 12.1 Å². The minimum Gasteiger partial charge on any atom is -0.493 e. The van der Waals surface area contributed by atoms with Gasteiger partial charge in [0.25, 0.3) is 11.8 Å². The predicted molar refractivity (Wildman–Crippen MR) is 84.5 cm³/mol. The van der Waals surface area contributed by atoms with Gasteiger partial charge in [-0.25, -0.2) is 0 Å². The van der Waals surface area contributed by atoms with Crippen LogP contribution < -0.4 is 20.5 Å². The first-order chi connectivity index (χ1) is 10.4. The molecule has 22 heavy (non-hydrogen) atoms. The van der Waals surface area contributed by atoms with E-state index in [-0.39, 0.29) is 35.1 Å². The Morgan fingerprint density at radius 1 is 1.41 bits per heavy atom. The average Bonchev–Trinajstić information content (AvgIpc) is 2.45. The number of benzene rings is 1. The number of carbonyl (C=O) groups is 2. The molecule has 0 fully saturated rings. The first kappa shape index (κ1) is 18.1. The highest BCUT2D eigenvalue weighted by molar-refractivity contribution is 6.32. The van der Waals surface area contributed by atoms with Crippen molar-refractivity contribution in [2.75, 3.05) is 13.7 Å². The molecule has 0 aliphatic heterocycles. The summed E-state index contributed by atoms with van der Waals surface area (Å²) in [5.41, 5.74) is 5.39. The van der Waals surface area contributed by atoms with Crippen LogP contribution in [0.3, 0.4) is 0 Å². The SMILES string of the molecule is CCC[C@H](C)NC(=O)c1cc(Cl)c(OCC(N)=O)c(OC)c1. The van der Waals surface area contributed by atoms with E-state index in [2.05, 4.69) is 5.32 Å². The maximum Gasteiger partial charge on any atom is 0.255 e. The van der Waals surface area contributed by atoms with Gasteiger partial charge >= 0.3 is 0 Å². The van der Waals surface area contributed by atoms with E-state index < -0.39 is 5.91 Å². The third-order valence-electron chi connectivity index (χ3n) is 2.95. The fourth-order valence-electron chi connectivity index (χ4n) is 1.95. The van der Waals surface area contributed by atoms with Gasteiger partial charge in [-0.3, -0.25) is 9.59 Å². The number of nitrogens with one attached hydrogen (secondary N) is 1. The monoisotopic (exact) mass is 328 g/mol. The Labute approximate surface area is 134 Å². The van der Waals surface area contributed by atoms with Crippen molar-refractivity contribution in [2.45, 2.75) is 32.7 Å². The lowest BCUT2D eigenvalue weighted by Gasteiger charge is -2.15. The second-order valence-corrected chi connectivity index (χ2v) is 5.31. The third-order valence-corrected chi connectivity index (χ3v) is 3.23. The Hall–Kier alpha value is -1.95. The highest BCUT2D eigenvalue weighted by Crippen LogP contribution is 2.36. The summed E-state index contributed by atoms with van der Waals surface area (Å²) in [5, 5.41) is 3.05. The van der Waals surface area contributed by atoms with E-state index in [9.17, 15) is 9.59 Å². The van der Waals surface area contributed by atoms with Crippen molar-refractivity contribution < 1.29 is 19.1 Å². The molecular weight excluding hydrogens is 308 g/mol. The Morgan fingerprint density at radius 2 is 2.09 bits per heavy atom. The lowest BCUT2D eigenvalue weighted by molar-refractivity contribution is -0.119. The number of hydrogen-bond donors (Lipinski definition) is 2. The van der Waals surface area contributed by atoms with E-state index >= 15 is 0 Å². The van der Waals surface area contributed by atoms with E-state index in [1.165, 1.54) is 19.2 Å². The molecule has 1 rings (SSSR count). The number of primary amides is 1. The van der Waals surface area contributed by atoms with E-state index in [4.69, 9.17) is 26.8 Å². The summed E-state index contributed by atoms with van der Waals surface area (Å²) in [4.78, 5) is 23.0. The Kier molecular flexibility index (Phi) is 6.98. The number of ether oxygens (including phenoxy) is 2. The van der Waals surface area contributed by atoms with Gasteiger partial charge in [-0.2, -0.15) is 0 Å². The van der Waals surface area contributed by atoms with Crippen molar-refractivity contribution in [1.29, 1.82) is 0 Å². The van der Waals surface area contributed by atoms with Crippen LogP contribution >= 0.6 is 11.6 Å². The molecule has 0 radical (unpaired) electrons. The zero-order valence-electron chi connectivity index (χ0n) is 12.9. The van der Waals surface area contributed by atoms with Gasteiger partial charge < -0.3 is 20.5 Å². The van der Waals surface area contributed by atoms with Crippen molar-refractivity contribution in [2.24, 2.45) is 5.73 Å². The minimum absolute atomic E-state index is 0.0630. The standard InChI is InChI=1S/C15H21ClN2O4/c1-4-5-9(2)18-15(20)10-6-11(16)14(12(7-10)21-3)22-8-13(17)19/h6-7,9H,4-5,8H2,1-3H3,(H2,17,19)(H,18,20)/t9-/m0/s1. The molecule has 7 heteroatoms. The Balaban J connectivity index is 2.97. The molecule has 0 saturated heterocycles. The summed E-state index contributed by atoms with van der Waals surface area (Å²) in [6.07, 6.45) is 1.86. The molecule has 0 bridgehead atoms. The fraction of sp³-hybridized carbons (Fsp3) is 0.467. The molecule has 0 heterocycles. The quantitative estimate of drug-likeness (QED) is 0.764. The first-order valence-corrected chi connectivity index (χ1v) is 7.36. The molecule has 0 saturated carbocycles. The van der Waals surface area contributed by atoms with Gasteiger partial charge in [-0.15, -0.1) is 0 Å². The molecule has 6 nitrogen and oxygen atoms in total. The lowest BCUT2D eigenvalue weighted by atomic mass is 10.1. The van der Waals surface area contributed by atoms with Gasteiger partial charge in [0, 0.05) is 11.6 Å². The van der Waals surface area contributed by atoms with Crippen molar-refractivity contribution in [3.8, 4) is 11.5 Å². The molecule has 0 aromatic heterocycles. The molecule has 0 aliphatic rings. The summed E-state index contributed by atoms with van der Waals surface area (Å²) in [5.74, 6) is -0.431. The summed E-state index contributed by atoms with van der Waals surface area (Å²) in [6.45, 7) is 3.66. The minimum atomic E-state index is -0.631. The summed E-state index contributed by atoms with van der Waals surface area (Å²) < 4.78 is 10.4. The number of halogens is 1. The summed E-state index contributed by atoms with van der Waals surface area (Å²) in [6, 6.07) is 3.04. The predicted octanol–water partition coefficient (Wildman–Crippen LogP) is 2.13. The molecule has 0 aliphatic carbocycles. The van der Waals surface area contributed by atoms with Crippen molar-refractivity contribution in [1.82, 2.24) is 5.32 Å². The molecule has 0 unspecified atom stereocenters. The molecule has 0 spiro atoms. The Morgan fingerprint density at radius 3 is 2.64 bits per heavy atom. The average molecular weight is 329 g/mol. The van der Waals surface area contributed by atoms with Crippen LogP contribution in [0.2, 0.25) is 5.02 Å². The highest BCUT2D eigenvalue weighted by atomic mass is 35.5. The van der Waals surface area contributed by atoms with Gasteiger partial charge in [0.15, 0.2) is 18.1 Å². The van der Waals surface area contributed by atoms with Gasteiger partial charge in [-0.05, 0) is 25.5 Å². The van der Waals surface area contributed by atoms with Crippen LogP contribution in [0, 0.1) is 0 Å². The molecule has 3 N–H and O–H groups in total. The molecule has 122 valence electrons. The van der Waals surface area contributed by atoms with Gasteiger partial charge in [0.2, 0.25) is 0 Å². The van der Waals surface area contributed by atoms with Crippen LogP contribution in [0.5, 0.6) is 11.5 Å². The number of nitrogens with two attached hydrogens (primary N) is 1. The van der Waals surface area contributed by atoms with E-state index in [0.29, 0.717) is 5.56 Å². The van der Waals surface area contributed by atoms with Crippen molar-refractivity contribution in [3.63, 3.8) is 0 Å². The van der Waals surface area contributed by atoms with E-state index in [1.54, 1.807) is 0 Å². The zero-order chi connectivity index (χ0) is 16.7. The molecular formula is C15H21ClN2O4. The summed E-state index contributed by atoms with van der Waals surface area (Å²) in [7, 11) is 1.42. The second-order valence-electron chi connectivity index (χ2n) is 4.91. The highest BCUT2D eigenvalue weighted by Gasteiger charge is 2.17. The van der Waals surface area contributed by atoms with Crippen LogP contribution in [-0.2, 0) is 4.79 Å². The second kappa shape index (κ2) is 8.48. The fourth-order valence-corrected chi connectivity index (χ4v) is 2.21. The maximum absolute atomic E-state index is 12.2. The first-order valence-electron chi connectivity index (χ1n) is 6.98. The van der Waals surface area contributed by atoms with Gasteiger partial charge in [-0.1, -0.05) is 24.9 Å². The van der Waals surface area contributed by atoms with Crippen LogP contribution in [0.25, 0.3) is 0 Å². The maximum atomic E-state index is 12.2. The van der Waals surface area contributed by atoms with Gasteiger partial charge in [0.05, 0.1) is 12.1 Å². The molecule has 1 aromatic rings. The van der Waals surface area contributed by atoms with Crippen molar-refractivity contribution in [3.05, 3.63) is 22.7 Å². The summed E-state index contributed by atoms with van der Waals surface area (Å²) >= 11 is 6.10. The molecule has 2 amide bonds. The number of methoxy groups -OCH3 is 1. The molecule has 1 atom stereocenters. The number of amides is 2. The van der Waals surface area contributed by atoms with E-state index in [0.717, 1.165) is 12.8 Å².